The molecule has 2 aliphatic rings. The Kier molecular flexibility index (Phi) is 7.99. The molecule has 2 amide bonds. The predicted octanol–water partition coefficient (Wildman–Crippen LogP) is 1.25. The fourth-order valence-electron chi connectivity index (χ4n) is 3.26. The van der Waals surface area contributed by atoms with E-state index in [1.807, 2.05) is 4.90 Å². The molecule has 2 saturated heterocycles. The predicted molar refractivity (Wildman–Crippen MR) is 93.7 cm³/mol. The van der Waals surface area contributed by atoms with Gasteiger partial charge in [0.1, 0.15) is 0 Å². The Morgan fingerprint density at radius 3 is 2.67 bits per heavy atom. The maximum Gasteiger partial charge on any atom is 0.234 e. The van der Waals surface area contributed by atoms with Crippen LogP contribution >= 0.6 is 0 Å². The maximum absolute atomic E-state index is 12.0. The van der Waals surface area contributed by atoms with Crippen molar-refractivity contribution in [3.05, 3.63) is 0 Å². The van der Waals surface area contributed by atoms with E-state index in [0.717, 1.165) is 58.5 Å². The lowest BCUT2D eigenvalue weighted by Gasteiger charge is -2.31. The monoisotopic (exact) mass is 339 g/mol. The van der Waals surface area contributed by atoms with Gasteiger partial charge in [-0.1, -0.05) is 13.8 Å². The summed E-state index contributed by atoms with van der Waals surface area (Å²) in [7, 11) is 0. The number of hydrogen-bond acceptors (Lipinski definition) is 4. The van der Waals surface area contributed by atoms with Gasteiger partial charge in [0.25, 0.3) is 0 Å². The van der Waals surface area contributed by atoms with Crippen LogP contribution in [-0.2, 0) is 14.3 Å². The van der Waals surface area contributed by atoms with E-state index < -0.39 is 0 Å². The first-order valence-corrected chi connectivity index (χ1v) is 9.43. The van der Waals surface area contributed by atoms with Crippen LogP contribution in [0.15, 0.2) is 0 Å². The number of rotatable bonds is 9. The van der Waals surface area contributed by atoms with Gasteiger partial charge in [-0.15, -0.1) is 0 Å². The summed E-state index contributed by atoms with van der Waals surface area (Å²) in [6.45, 7) is 9.77. The van der Waals surface area contributed by atoms with Gasteiger partial charge in [0.05, 0.1) is 12.6 Å². The summed E-state index contributed by atoms with van der Waals surface area (Å²) in [5.74, 6) is 0.915. The van der Waals surface area contributed by atoms with Crippen LogP contribution in [0.25, 0.3) is 0 Å². The summed E-state index contributed by atoms with van der Waals surface area (Å²) in [5.41, 5.74) is 0. The van der Waals surface area contributed by atoms with Crippen molar-refractivity contribution in [1.29, 1.82) is 0 Å². The zero-order valence-corrected chi connectivity index (χ0v) is 15.3. The Morgan fingerprint density at radius 2 is 2.04 bits per heavy atom. The molecule has 6 nitrogen and oxygen atoms in total. The highest BCUT2D eigenvalue weighted by molar-refractivity contribution is 5.78. The molecule has 0 aromatic heterocycles. The average molecular weight is 339 g/mol. The highest BCUT2D eigenvalue weighted by Gasteiger charge is 2.22. The quantitative estimate of drug-likeness (QED) is 0.642. The normalized spacial score (nSPS) is 20.1. The first kappa shape index (κ1) is 19.2. The molecule has 0 unspecified atom stereocenters. The van der Waals surface area contributed by atoms with Crippen LogP contribution in [-0.4, -0.2) is 73.6 Å². The van der Waals surface area contributed by atoms with Gasteiger partial charge >= 0.3 is 0 Å². The van der Waals surface area contributed by atoms with Gasteiger partial charge in [-0.2, -0.15) is 0 Å². The van der Waals surface area contributed by atoms with E-state index in [0.29, 0.717) is 31.5 Å². The Labute approximate surface area is 145 Å². The van der Waals surface area contributed by atoms with Crippen LogP contribution in [0, 0.1) is 5.92 Å². The number of amides is 2. The summed E-state index contributed by atoms with van der Waals surface area (Å²) in [6.07, 6.45) is 4.87. The van der Waals surface area contributed by atoms with E-state index in [9.17, 15) is 9.59 Å². The second-order valence-corrected chi connectivity index (χ2v) is 7.39. The number of carbonyl (C=O) groups excluding carboxylic acids is 2. The van der Waals surface area contributed by atoms with Gasteiger partial charge in [-0.25, -0.2) is 0 Å². The lowest BCUT2D eigenvalue weighted by molar-refractivity contribution is -0.127. The molecule has 0 aromatic carbocycles. The number of nitrogens with one attached hydrogen (secondary N) is 1. The Balaban J connectivity index is 1.51. The van der Waals surface area contributed by atoms with Crippen LogP contribution in [0.3, 0.4) is 0 Å². The number of likely N-dealkylation sites (tertiary alicyclic amines) is 2. The molecule has 6 heteroatoms. The second kappa shape index (κ2) is 9.99. The van der Waals surface area contributed by atoms with Gasteiger partial charge in [0.15, 0.2) is 0 Å². The van der Waals surface area contributed by atoms with Crippen LogP contribution in [0.1, 0.15) is 46.0 Å². The minimum atomic E-state index is 0.0873. The van der Waals surface area contributed by atoms with Crippen molar-refractivity contribution in [3.8, 4) is 0 Å². The van der Waals surface area contributed by atoms with Crippen molar-refractivity contribution in [2.75, 3.05) is 45.9 Å². The van der Waals surface area contributed by atoms with Crippen LogP contribution in [0.4, 0.5) is 0 Å². The van der Waals surface area contributed by atoms with E-state index in [1.165, 1.54) is 0 Å². The summed E-state index contributed by atoms with van der Waals surface area (Å²) < 4.78 is 5.88. The molecule has 2 heterocycles. The standard InChI is InChI=1S/C18H33N3O3/c1-15(2)14-24-16-6-11-20(12-7-16)13-17(22)19-8-4-10-21-9-3-5-18(21)23/h15-16H,3-14H2,1-2H3,(H,19,22). The van der Waals surface area contributed by atoms with Gasteiger partial charge in [0.2, 0.25) is 11.8 Å². The smallest absolute Gasteiger partial charge is 0.234 e. The van der Waals surface area contributed by atoms with E-state index in [1.54, 1.807) is 0 Å². The molecule has 1 N–H and O–H groups in total. The third-order valence-electron chi connectivity index (χ3n) is 4.67. The molecular formula is C18H33N3O3. The number of piperidine rings is 1. The van der Waals surface area contributed by atoms with Crippen molar-refractivity contribution in [1.82, 2.24) is 15.1 Å². The average Bonchev–Trinajstić information content (AvgIpc) is 2.96. The summed E-state index contributed by atoms with van der Waals surface area (Å²) in [4.78, 5) is 27.6. The SMILES string of the molecule is CC(C)COC1CCN(CC(=O)NCCCN2CCCC2=O)CC1. The molecule has 0 atom stereocenters. The molecule has 0 bridgehead atoms. The molecule has 0 aromatic rings. The van der Waals surface area contributed by atoms with Crippen LogP contribution in [0.5, 0.6) is 0 Å². The van der Waals surface area contributed by atoms with Crippen molar-refractivity contribution in [2.24, 2.45) is 5.92 Å². The lowest BCUT2D eigenvalue weighted by atomic mass is 10.1. The lowest BCUT2D eigenvalue weighted by Crippen LogP contribution is -2.43. The summed E-state index contributed by atoms with van der Waals surface area (Å²) in [5, 5.41) is 2.97. The summed E-state index contributed by atoms with van der Waals surface area (Å²) in [6, 6.07) is 0. The minimum absolute atomic E-state index is 0.0873. The van der Waals surface area contributed by atoms with Crippen molar-refractivity contribution < 1.29 is 14.3 Å². The van der Waals surface area contributed by atoms with Crippen LogP contribution in [0.2, 0.25) is 0 Å². The zero-order chi connectivity index (χ0) is 17.4. The number of hydrogen-bond donors (Lipinski definition) is 1. The minimum Gasteiger partial charge on any atom is -0.378 e. The van der Waals surface area contributed by atoms with Gasteiger partial charge in [-0.05, 0) is 31.6 Å². The molecule has 0 radical (unpaired) electrons. The van der Waals surface area contributed by atoms with Crippen LogP contribution < -0.4 is 5.32 Å². The van der Waals surface area contributed by atoms with Crippen molar-refractivity contribution in [2.45, 2.75) is 52.1 Å². The van der Waals surface area contributed by atoms with Gasteiger partial charge in [-0.3, -0.25) is 14.5 Å². The Bertz CT molecular complexity index is 406. The Morgan fingerprint density at radius 1 is 1.29 bits per heavy atom. The molecule has 0 spiro atoms. The fraction of sp³-hybridized carbons (Fsp3) is 0.889. The van der Waals surface area contributed by atoms with E-state index >= 15 is 0 Å². The topological polar surface area (TPSA) is 61.9 Å². The van der Waals surface area contributed by atoms with Gasteiger partial charge < -0.3 is 15.0 Å². The molecule has 2 fully saturated rings. The third-order valence-corrected chi connectivity index (χ3v) is 4.67. The highest BCUT2D eigenvalue weighted by Crippen LogP contribution is 2.14. The van der Waals surface area contributed by atoms with E-state index in [2.05, 4.69) is 24.1 Å². The first-order chi connectivity index (χ1) is 11.5. The molecule has 24 heavy (non-hydrogen) atoms. The molecular weight excluding hydrogens is 306 g/mol. The highest BCUT2D eigenvalue weighted by atomic mass is 16.5. The largest absolute Gasteiger partial charge is 0.378 e. The number of nitrogens with zero attached hydrogens (tertiary/aromatic N) is 2. The molecule has 0 saturated carbocycles. The Hall–Kier alpha value is -1.14. The van der Waals surface area contributed by atoms with E-state index in [4.69, 9.17) is 4.74 Å². The molecule has 0 aliphatic carbocycles. The molecule has 2 aliphatic heterocycles. The number of ether oxygens (including phenoxy) is 1. The van der Waals surface area contributed by atoms with Gasteiger partial charge in [0, 0.05) is 45.8 Å². The van der Waals surface area contributed by atoms with Crippen molar-refractivity contribution in [3.63, 3.8) is 0 Å². The molecule has 138 valence electrons. The first-order valence-electron chi connectivity index (χ1n) is 9.43. The third kappa shape index (κ3) is 6.77. The van der Waals surface area contributed by atoms with E-state index in [-0.39, 0.29) is 11.8 Å². The molecule has 2 rings (SSSR count). The second-order valence-electron chi connectivity index (χ2n) is 7.39. The number of carbonyl (C=O) groups is 2. The van der Waals surface area contributed by atoms with Crippen molar-refractivity contribution >= 4 is 11.8 Å². The zero-order valence-electron chi connectivity index (χ0n) is 15.3. The fourth-order valence-corrected chi connectivity index (χ4v) is 3.26. The summed E-state index contributed by atoms with van der Waals surface area (Å²) >= 11 is 0. The maximum atomic E-state index is 12.0.